The molecular formula is C27H27N3O4. The molecule has 3 aromatic carbocycles. The minimum absolute atomic E-state index is 0.0188. The van der Waals surface area contributed by atoms with E-state index in [0.29, 0.717) is 31.1 Å². The number of hydrogen-bond donors (Lipinski definition) is 1. The molecule has 1 aliphatic rings. The van der Waals surface area contributed by atoms with Gasteiger partial charge in [-0.05, 0) is 34.9 Å². The van der Waals surface area contributed by atoms with Gasteiger partial charge in [0.2, 0.25) is 5.91 Å². The SMILES string of the molecule is COc1cc(/C=N\NC(=O)CN2C[C@@H](c3ccccc3)CC2=O)ccc1OCc1ccccc1. The van der Waals surface area contributed by atoms with Crippen molar-refractivity contribution in [2.75, 3.05) is 20.2 Å². The van der Waals surface area contributed by atoms with Crippen LogP contribution < -0.4 is 14.9 Å². The summed E-state index contributed by atoms with van der Waals surface area (Å²) >= 11 is 0. The Kier molecular flexibility index (Phi) is 7.55. The van der Waals surface area contributed by atoms with E-state index in [9.17, 15) is 9.59 Å². The van der Waals surface area contributed by atoms with Crippen LogP contribution in [0.5, 0.6) is 11.5 Å². The van der Waals surface area contributed by atoms with Crippen LogP contribution in [0.25, 0.3) is 0 Å². The lowest BCUT2D eigenvalue weighted by Gasteiger charge is -2.15. The standard InChI is InChI=1S/C27H27N3O4/c1-33-25-14-21(12-13-24(25)34-19-20-8-4-2-5-9-20)16-28-29-26(31)18-30-17-23(15-27(30)32)22-10-6-3-7-11-22/h2-14,16,23H,15,17-19H2,1H3,(H,29,31)/b28-16-/t23-/m0/s1. The number of amides is 2. The molecule has 1 heterocycles. The largest absolute Gasteiger partial charge is 0.493 e. The number of hydrogen-bond acceptors (Lipinski definition) is 5. The quantitative estimate of drug-likeness (QED) is 0.392. The average molecular weight is 458 g/mol. The number of hydrazone groups is 1. The molecule has 174 valence electrons. The molecule has 7 nitrogen and oxygen atoms in total. The zero-order valence-corrected chi connectivity index (χ0v) is 19.0. The zero-order chi connectivity index (χ0) is 23.8. The van der Waals surface area contributed by atoms with E-state index in [1.165, 1.54) is 6.21 Å². The van der Waals surface area contributed by atoms with E-state index in [1.54, 1.807) is 24.1 Å². The maximum Gasteiger partial charge on any atom is 0.259 e. The van der Waals surface area contributed by atoms with E-state index >= 15 is 0 Å². The Bertz CT molecular complexity index is 1150. The van der Waals surface area contributed by atoms with Gasteiger partial charge in [0.15, 0.2) is 11.5 Å². The second-order valence-electron chi connectivity index (χ2n) is 8.06. The molecule has 0 radical (unpaired) electrons. The van der Waals surface area contributed by atoms with Crippen LogP contribution in [-0.4, -0.2) is 43.1 Å². The van der Waals surface area contributed by atoms with Gasteiger partial charge in [0.1, 0.15) is 13.2 Å². The minimum Gasteiger partial charge on any atom is -0.493 e. The number of likely N-dealkylation sites (tertiary alicyclic amines) is 1. The molecule has 2 amide bonds. The van der Waals surface area contributed by atoms with Crippen LogP contribution in [0.1, 0.15) is 29.0 Å². The van der Waals surface area contributed by atoms with Gasteiger partial charge >= 0.3 is 0 Å². The van der Waals surface area contributed by atoms with Crippen LogP contribution in [-0.2, 0) is 16.2 Å². The number of benzene rings is 3. The van der Waals surface area contributed by atoms with Gasteiger partial charge in [-0.3, -0.25) is 9.59 Å². The van der Waals surface area contributed by atoms with Crippen molar-refractivity contribution in [2.24, 2.45) is 5.10 Å². The van der Waals surface area contributed by atoms with E-state index in [4.69, 9.17) is 9.47 Å². The van der Waals surface area contributed by atoms with Gasteiger partial charge < -0.3 is 14.4 Å². The molecule has 7 heteroatoms. The number of methoxy groups -OCH3 is 1. The summed E-state index contributed by atoms with van der Waals surface area (Å²) in [5.41, 5.74) is 5.41. The Morgan fingerprint density at radius 1 is 1.06 bits per heavy atom. The number of rotatable bonds is 9. The molecule has 0 aromatic heterocycles. The predicted octanol–water partition coefficient (Wildman–Crippen LogP) is 3.74. The number of nitrogens with zero attached hydrogens (tertiary/aromatic N) is 2. The molecular weight excluding hydrogens is 430 g/mol. The van der Waals surface area contributed by atoms with Crippen LogP contribution in [0.15, 0.2) is 84.0 Å². The van der Waals surface area contributed by atoms with Crippen molar-refractivity contribution >= 4 is 18.0 Å². The van der Waals surface area contributed by atoms with Crippen molar-refractivity contribution in [1.29, 1.82) is 0 Å². The van der Waals surface area contributed by atoms with Crippen molar-refractivity contribution in [3.8, 4) is 11.5 Å². The average Bonchev–Trinajstić information content (AvgIpc) is 3.24. The lowest BCUT2D eigenvalue weighted by molar-refractivity contribution is -0.133. The fraction of sp³-hybridized carbons (Fsp3) is 0.222. The Balaban J connectivity index is 1.28. The molecule has 0 saturated carbocycles. The van der Waals surface area contributed by atoms with Gasteiger partial charge in [0.25, 0.3) is 5.91 Å². The Hall–Kier alpha value is -4.13. The molecule has 0 bridgehead atoms. The van der Waals surface area contributed by atoms with E-state index in [1.807, 2.05) is 66.7 Å². The molecule has 3 aromatic rings. The second-order valence-corrected chi connectivity index (χ2v) is 8.06. The van der Waals surface area contributed by atoms with Crippen LogP contribution in [0.2, 0.25) is 0 Å². The first-order valence-corrected chi connectivity index (χ1v) is 11.1. The van der Waals surface area contributed by atoms with Gasteiger partial charge in [0.05, 0.1) is 13.3 Å². The highest BCUT2D eigenvalue weighted by Gasteiger charge is 2.31. The van der Waals surface area contributed by atoms with Crippen LogP contribution in [0.4, 0.5) is 0 Å². The highest BCUT2D eigenvalue weighted by atomic mass is 16.5. The molecule has 0 unspecified atom stereocenters. The Labute approximate surface area is 199 Å². The van der Waals surface area contributed by atoms with Crippen LogP contribution >= 0.6 is 0 Å². The third kappa shape index (κ3) is 6.01. The van der Waals surface area contributed by atoms with Gasteiger partial charge in [-0.1, -0.05) is 60.7 Å². The molecule has 1 saturated heterocycles. The van der Waals surface area contributed by atoms with Crippen molar-refractivity contribution in [3.63, 3.8) is 0 Å². The third-order valence-corrected chi connectivity index (χ3v) is 5.65. The lowest BCUT2D eigenvalue weighted by atomic mass is 9.99. The summed E-state index contributed by atoms with van der Waals surface area (Å²) in [4.78, 5) is 26.2. The van der Waals surface area contributed by atoms with Gasteiger partial charge in [-0.15, -0.1) is 0 Å². The monoisotopic (exact) mass is 457 g/mol. The summed E-state index contributed by atoms with van der Waals surface area (Å²) in [7, 11) is 1.57. The summed E-state index contributed by atoms with van der Waals surface area (Å²) in [6.07, 6.45) is 1.94. The first kappa shape index (κ1) is 23.0. The smallest absolute Gasteiger partial charge is 0.259 e. The summed E-state index contributed by atoms with van der Waals surface area (Å²) in [6, 6.07) is 25.2. The predicted molar refractivity (Wildman–Crippen MR) is 130 cm³/mol. The van der Waals surface area contributed by atoms with Crippen molar-refractivity contribution in [2.45, 2.75) is 18.9 Å². The molecule has 1 atom stereocenters. The van der Waals surface area contributed by atoms with Gasteiger partial charge in [-0.25, -0.2) is 5.43 Å². The van der Waals surface area contributed by atoms with Crippen molar-refractivity contribution < 1.29 is 19.1 Å². The summed E-state index contributed by atoms with van der Waals surface area (Å²) in [6.45, 7) is 0.942. The maximum atomic E-state index is 12.3. The molecule has 1 fully saturated rings. The zero-order valence-electron chi connectivity index (χ0n) is 19.0. The summed E-state index contributed by atoms with van der Waals surface area (Å²) < 4.78 is 11.3. The van der Waals surface area contributed by atoms with E-state index in [-0.39, 0.29) is 24.3 Å². The van der Waals surface area contributed by atoms with E-state index in [0.717, 1.165) is 16.7 Å². The molecule has 1 aliphatic heterocycles. The van der Waals surface area contributed by atoms with E-state index in [2.05, 4.69) is 10.5 Å². The summed E-state index contributed by atoms with van der Waals surface area (Å²) in [5.74, 6) is 0.936. The van der Waals surface area contributed by atoms with Crippen molar-refractivity contribution in [3.05, 3.63) is 95.6 Å². The van der Waals surface area contributed by atoms with Crippen molar-refractivity contribution in [1.82, 2.24) is 10.3 Å². The molecule has 4 rings (SSSR count). The highest BCUT2D eigenvalue weighted by molar-refractivity contribution is 5.88. The number of ether oxygens (including phenoxy) is 2. The van der Waals surface area contributed by atoms with Crippen LogP contribution in [0.3, 0.4) is 0 Å². The van der Waals surface area contributed by atoms with E-state index < -0.39 is 0 Å². The first-order chi connectivity index (χ1) is 16.6. The molecule has 0 spiro atoms. The first-order valence-electron chi connectivity index (χ1n) is 11.1. The highest BCUT2D eigenvalue weighted by Crippen LogP contribution is 2.29. The van der Waals surface area contributed by atoms with Gasteiger partial charge in [-0.2, -0.15) is 5.10 Å². The summed E-state index contributed by atoms with van der Waals surface area (Å²) in [5, 5.41) is 4.03. The molecule has 34 heavy (non-hydrogen) atoms. The fourth-order valence-corrected chi connectivity index (χ4v) is 3.88. The topological polar surface area (TPSA) is 80.2 Å². The lowest BCUT2D eigenvalue weighted by Crippen LogP contribution is -2.36. The second kappa shape index (κ2) is 11.1. The molecule has 1 N–H and O–H groups in total. The van der Waals surface area contributed by atoms with Crippen LogP contribution in [0, 0.1) is 0 Å². The van der Waals surface area contributed by atoms with Gasteiger partial charge in [0, 0.05) is 18.9 Å². The molecule has 0 aliphatic carbocycles. The number of nitrogens with one attached hydrogen (secondary N) is 1. The number of carbonyl (C=O) groups is 2. The maximum absolute atomic E-state index is 12.3. The number of carbonyl (C=O) groups excluding carboxylic acids is 2. The minimum atomic E-state index is -0.340. The fourth-order valence-electron chi connectivity index (χ4n) is 3.88. The third-order valence-electron chi connectivity index (χ3n) is 5.65. The Morgan fingerprint density at radius 3 is 2.53 bits per heavy atom. The Morgan fingerprint density at radius 2 is 1.79 bits per heavy atom. The normalized spacial score (nSPS) is 15.5.